The molecule has 3 rings (SSSR count). The Hall–Kier alpha value is -1.19. The van der Waals surface area contributed by atoms with E-state index in [1.807, 2.05) is 26.7 Å². The molecule has 0 unspecified atom stereocenters. The number of rotatable bonds is 9. The van der Waals surface area contributed by atoms with E-state index < -0.39 is 17.7 Å². The molecule has 10 heteroatoms. The first-order valence-electron chi connectivity index (χ1n) is 12.9. The fraction of sp³-hybridized carbons (Fsp3) is 0.840. The zero-order chi connectivity index (χ0) is 25.4. The van der Waals surface area contributed by atoms with Crippen molar-refractivity contribution in [1.29, 1.82) is 0 Å². The van der Waals surface area contributed by atoms with Crippen LogP contribution in [-0.2, 0) is 19.2 Å². The van der Waals surface area contributed by atoms with E-state index in [-0.39, 0.29) is 22.9 Å². The average Bonchev–Trinajstić information content (AvgIpc) is 3.21. The van der Waals surface area contributed by atoms with Gasteiger partial charge in [0.15, 0.2) is 11.0 Å². The van der Waals surface area contributed by atoms with Crippen LogP contribution in [0.3, 0.4) is 0 Å². The van der Waals surface area contributed by atoms with Gasteiger partial charge in [-0.3, -0.25) is 14.4 Å². The van der Waals surface area contributed by atoms with Gasteiger partial charge >= 0.3 is 0 Å². The van der Waals surface area contributed by atoms with E-state index in [1.54, 1.807) is 11.8 Å². The minimum Gasteiger partial charge on any atom is -0.351 e. The van der Waals surface area contributed by atoms with Gasteiger partial charge in [-0.1, -0.05) is 31.0 Å². The highest BCUT2D eigenvalue weighted by Gasteiger charge is 2.40. The second kappa shape index (κ2) is 13.4. The zero-order valence-corrected chi connectivity index (χ0v) is 23.3. The molecule has 2 N–H and O–H groups in total. The summed E-state index contributed by atoms with van der Waals surface area (Å²) in [5.41, 5.74) is -0.577. The molecule has 2 amide bonds. The summed E-state index contributed by atoms with van der Waals surface area (Å²) in [4.78, 5) is 46.2. The molecule has 0 aromatic heterocycles. The van der Waals surface area contributed by atoms with Gasteiger partial charge in [0.05, 0.1) is 5.60 Å². The Balaban J connectivity index is 1.63. The molecular formula is C25H42N4O4S2. The number of hydroxylamine groups is 2. The highest BCUT2D eigenvalue weighted by atomic mass is 32.2. The molecule has 0 radical (unpaired) electrons. The van der Waals surface area contributed by atoms with Crippen molar-refractivity contribution in [3.8, 4) is 0 Å². The Bertz CT molecular complexity index is 770. The van der Waals surface area contributed by atoms with Crippen LogP contribution in [0.25, 0.3) is 0 Å². The molecule has 0 bridgehead atoms. The molecule has 35 heavy (non-hydrogen) atoms. The van der Waals surface area contributed by atoms with Crippen LogP contribution >= 0.6 is 23.5 Å². The summed E-state index contributed by atoms with van der Waals surface area (Å²) in [5.74, 6) is 4.11. The number of carbonyl (C=O) groups excluding carboxylic acids is 3. The number of nitrogens with zero attached hydrogens (tertiary/aromatic N) is 2. The van der Waals surface area contributed by atoms with Gasteiger partial charge in [-0.2, -0.15) is 11.8 Å². The molecule has 0 aromatic rings. The van der Waals surface area contributed by atoms with Crippen molar-refractivity contribution in [1.82, 2.24) is 20.6 Å². The van der Waals surface area contributed by atoms with Crippen LogP contribution in [0, 0.1) is 5.92 Å². The van der Waals surface area contributed by atoms with Crippen molar-refractivity contribution in [2.45, 2.75) is 89.4 Å². The third-order valence-electron chi connectivity index (χ3n) is 6.68. The third-order valence-corrected chi connectivity index (χ3v) is 8.98. The molecule has 198 valence electrons. The number of piperidine rings is 1. The number of carbonyl (C=O) groups is 2. The topological polar surface area (TPSA) is 91.0 Å². The lowest BCUT2D eigenvalue weighted by atomic mass is 9.91. The number of nitrogens with one attached hydrogen (secondary N) is 2. The first-order valence-corrected chi connectivity index (χ1v) is 15.0. The fourth-order valence-corrected chi connectivity index (χ4v) is 6.93. The van der Waals surface area contributed by atoms with Crippen LogP contribution in [0.5, 0.6) is 0 Å². The minimum absolute atomic E-state index is 0.121. The number of hydrogen-bond acceptors (Lipinski definition) is 8. The monoisotopic (exact) mass is 526 g/mol. The highest BCUT2D eigenvalue weighted by Crippen LogP contribution is 2.33. The normalized spacial score (nSPS) is 23.7. The second-order valence-corrected chi connectivity index (χ2v) is 13.0. The van der Waals surface area contributed by atoms with Crippen molar-refractivity contribution >= 4 is 41.3 Å². The molecule has 1 saturated carbocycles. The molecule has 3 fully saturated rings. The average molecular weight is 527 g/mol. The van der Waals surface area contributed by atoms with Gasteiger partial charge in [0.25, 0.3) is 0 Å². The molecular weight excluding hydrogens is 484 g/mol. The standard InChI is InChI=1S/C25H42N4O4S2/c1-25(2,3)33-29-21(17-35-22(29)14-30)24(32)27-20(16-34-15-18-8-6-5-7-9-18)23(31)26-19-10-12-28(4)13-11-19/h18-21H,5-13,15-17H2,1-4H3,(H,26,31)(H,27,32)/t20-,21-/m0/s1. The summed E-state index contributed by atoms with van der Waals surface area (Å²) >= 11 is 3.01. The van der Waals surface area contributed by atoms with Gasteiger partial charge in [0, 0.05) is 17.5 Å². The summed E-state index contributed by atoms with van der Waals surface area (Å²) in [6.45, 7) is 7.52. The van der Waals surface area contributed by atoms with Gasteiger partial charge in [0.2, 0.25) is 11.8 Å². The Morgan fingerprint density at radius 2 is 1.86 bits per heavy atom. The van der Waals surface area contributed by atoms with Gasteiger partial charge in [-0.15, -0.1) is 0 Å². The van der Waals surface area contributed by atoms with E-state index in [0.717, 1.165) is 31.7 Å². The van der Waals surface area contributed by atoms with Crippen LogP contribution in [0.4, 0.5) is 0 Å². The van der Waals surface area contributed by atoms with Crippen molar-refractivity contribution in [2.24, 2.45) is 5.92 Å². The van der Waals surface area contributed by atoms with Crippen LogP contribution in [0.15, 0.2) is 5.03 Å². The molecule has 0 spiro atoms. The zero-order valence-electron chi connectivity index (χ0n) is 21.6. The van der Waals surface area contributed by atoms with Crippen molar-refractivity contribution in [3.63, 3.8) is 0 Å². The molecule has 0 aromatic carbocycles. The SMILES string of the molecule is CN1CCC(NC(=O)[C@H](CSCC2CCCCC2)NC(=O)[C@@H]2CSC(=C=O)N2OC(C)(C)C)CC1. The van der Waals surface area contributed by atoms with E-state index in [2.05, 4.69) is 22.6 Å². The first-order chi connectivity index (χ1) is 16.7. The molecule has 2 atom stereocenters. The molecule has 1 aliphatic carbocycles. The Labute approximate surface area is 218 Å². The predicted octanol–water partition coefficient (Wildman–Crippen LogP) is 2.82. The largest absolute Gasteiger partial charge is 0.351 e. The third kappa shape index (κ3) is 9.01. The maximum atomic E-state index is 13.3. The van der Waals surface area contributed by atoms with Crippen LogP contribution in [0.2, 0.25) is 0 Å². The lowest BCUT2D eigenvalue weighted by Gasteiger charge is -2.32. The van der Waals surface area contributed by atoms with Gasteiger partial charge < -0.3 is 15.5 Å². The van der Waals surface area contributed by atoms with Crippen molar-refractivity contribution in [2.75, 3.05) is 37.4 Å². The maximum absolute atomic E-state index is 13.3. The molecule has 2 heterocycles. The number of hydrogen-bond donors (Lipinski definition) is 2. The first kappa shape index (κ1) is 28.4. The molecule has 2 aliphatic heterocycles. The number of thioether (sulfide) groups is 2. The van der Waals surface area contributed by atoms with Gasteiger partial charge in [-0.25, -0.2) is 9.86 Å². The smallest absolute Gasteiger partial charge is 0.246 e. The summed E-state index contributed by atoms with van der Waals surface area (Å²) in [7, 11) is 2.09. The second-order valence-electron chi connectivity index (χ2n) is 11.0. The maximum Gasteiger partial charge on any atom is 0.246 e. The lowest BCUT2D eigenvalue weighted by Crippen LogP contribution is -2.56. The summed E-state index contributed by atoms with van der Waals surface area (Å²) < 4.78 is 0. The van der Waals surface area contributed by atoms with E-state index >= 15 is 0 Å². The molecule has 2 saturated heterocycles. The van der Waals surface area contributed by atoms with E-state index in [0.29, 0.717) is 17.4 Å². The Morgan fingerprint density at radius 3 is 2.49 bits per heavy atom. The quantitative estimate of drug-likeness (QED) is 0.443. The summed E-state index contributed by atoms with van der Waals surface area (Å²) in [6.07, 6.45) is 8.24. The fourth-order valence-electron chi connectivity index (χ4n) is 4.70. The van der Waals surface area contributed by atoms with E-state index in [1.165, 1.54) is 48.9 Å². The van der Waals surface area contributed by atoms with Gasteiger partial charge in [0.1, 0.15) is 12.1 Å². The summed E-state index contributed by atoms with van der Waals surface area (Å²) in [6, 6.07) is -1.17. The Morgan fingerprint density at radius 1 is 1.17 bits per heavy atom. The van der Waals surface area contributed by atoms with Crippen LogP contribution in [0.1, 0.15) is 65.7 Å². The van der Waals surface area contributed by atoms with E-state index in [4.69, 9.17) is 4.84 Å². The summed E-state index contributed by atoms with van der Waals surface area (Å²) in [5, 5.41) is 7.81. The lowest BCUT2D eigenvalue weighted by molar-refractivity contribution is -0.214. The van der Waals surface area contributed by atoms with Crippen LogP contribution in [-0.4, -0.2) is 88.8 Å². The van der Waals surface area contributed by atoms with Crippen molar-refractivity contribution in [3.05, 3.63) is 5.03 Å². The van der Waals surface area contributed by atoms with Crippen LogP contribution < -0.4 is 10.6 Å². The minimum atomic E-state index is -0.683. The van der Waals surface area contributed by atoms with E-state index in [9.17, 15) is 14.4 Å². The highest BCUT2D eigenvalue weighted by molar-refractivity contribution is 8.03. The number of amides is 2. The Kier molecular flexibility index (Phi) is 10.9. The molecule has 3 aliphatic rings. The molecule has 8 nitrogen and oxygen atoms in total. The number of likely N-dealkylation sites (tertiary alicyclic amines) is 1. The van der Waals surface area contributed by atoms with Gasteiger partial charge in [-0.05, 0) is 78.3 Å². The van der Waals surface area contributed by atoms with Crippen molar-refractivity contribution < 1.29 is 19.2 Å². The predicted molar refractivity (Wildman–Crippen MR) is 143 cm³/mol.